The van der Waals surface area contributed by atoms with Gasteiger partial charge in [-0.3, -0.25) is 0 Å². The lowest BCUT2D eigenvalue weighted by molar-refractivity contribution is 0.315. The van der Waals surface area contributed by atoms with Crippen LogP contribution in [-0.4, -0.2) is 6.54 Å². The zero-order chi connectivity index (χ0) is 15.2. The molecule has 1 aliphatic rings. The first-order valence-electron chi connectivity index (χ1n) is 8.61. The molecule has 0 bridgehead atoms. The van der Waals surface area contributed by atoms with Gasteiger partial charge in [0.25, 0.3) is 0 Å². The molecule has 0 spiro atoms. The van der Waals surface area contributed by atoms with E-state index in [4.69, 9.17) is 0 Å². The van der Waals surface area contributed by atoms with E-state index in [1.807, 2.05) is 26.0 Å². The largest absolute Gasteiger partial charge is 0.310 e. The predicted molar refractivity (Wildman–Crippen MR) is 88.1 cm³/mol. The summed E-state index contributed by atoms with van der Waals surface area (Å²) in [7, 11) is 0. The van der Waals surface area contributed by atoms with Crippen LogP contribution in [0.2, 0.25) is 0 Å². The highest BCUT2D eigenvalue weighted by Crippen LogP contribution is 2.31. The molecular formula is C19H30FN. The van der Waals surface area contributed by atoms with Crippen molar-refractivity contribution < 1.29 is 4.39 Å². The zero-order valence-corrected chi connectivity index (χ0v) is 13.8. The van der Waals surface area contributed by atoms with E-state index in [2.05, 4.69) is 12.2 Å². The van der Waals surface area contributed by atoms with Gasteiger partial charge in [-0.05, 0) is 55.8 Å². The Hall–Kier alpha value is -0.890. The fourth-order valence-electron chi connectivity index (χ4n) is 3.69. The molecule has 21 heavy (non-hydrogen) atoms. The summed E-state index contributed by atoms with van der Waals surface area (Å²) in [6.07, 6.45) is 9.51. The second-order valence-corrected chi connectivity index (χ2v) is 6.66. The van der Waals surface area contributed by atoms with Crippen LogP contribution in [0.3, 0.4) is 0 Å². The van der Waals surface area contributed by atoms with Crippen molar-refractivity contribution in [2.24, 2.45) is 5.92 Å². The highest BCUT2D eigenvalue weighted by Gasteiger charge is 2.18. The standard InChI is InChI=1S/C19H30FN/c1-4-21-18(11-10-16-8-6-5-7-9-16)17-12-14(2)19(20)15(3)13-17/h12-13,16,18,21H,4-11H2,1-3H3. The van der Waals surface area contributed by atoms with E-state index in [-0.39, 0.29) is 5.82 Å². The van der Waals surface area contributed by atoms with Crippen LogP contribution in [0.4, 0.5) is 4.39 Å². The monoisotopic (exact) mass is 291 g/mol. The smallest absolute Gasteiger partial charge is 0.129 e. The molecule has 1 N–H and O–H groups in total. The van der Waals surface area contributed by atoms with Crippen molar-refractivity contribution in [1.82, 2.24) is 5.32 Å². The third kappa shape index (κ3) is 4.54. The van der Waals surface area contributed by atoms with Gasteiger partial charge in [-0.25, -0.2) is 4.39 Å². The zero-order valence-electron chi connectivity index (χ0n) is 13.8. The Morgan fingerprint density at radius 2 is 1.76 bits per heavy atom. The van der Waals surface area contributed by atoms with Gasteiger partial charge in [0.1, 0.15) is 5.82 Å². The molecule has 1 atom stereocenters. The normalized spacial score (nSPS) is 17.9. The van der Waals surface area contributed by atoms with Crippen LogP contribution in [0, 0.1) is 25.6 Å². The third-order valence-electron chi connectivity index (χ3n) is 4.90. The topological polar surface area (TPSA) is 12.0 Å². The molecule has 1 nitrogen and oxygen atoms in total. The summed E-state index contributed by atoms with van der Waals surface area (Å²) in [5.74, 6) is 0.851. The van der Waals surface area contributed by atoms with Crippen LogP contribution in [0.25, 0.3) is 0 Å². The van der Waals surface area contributed by atoms with Crippen molar-refractivity contribution in [1.29, 1.82) is 0 Å². The number of halogens is 1. The summed E-state index contributed by atoms with van der Waals surface area (Å²) in [5, 5.41) is 3.59. The molecule has 0 heterocycles. The molecule has 1 fully saturated rings. The number of hydrogen-bond donors (Lipinski definition) is 1. The lowest BCUT2D eigenvalue weighted by Crippen LogP contribution is -2.22. The van der Waals surface area contributed by atoms with Gasteiger partial charge >= 0.3 is 0 Å². The Labute approximate surface area is 129 Å². The fourth-order valence-corrected chi connectivity index (χ4v) is 3.69. The Bertz CT molecular complexity index is 426. The van der Waals surface area contributed by atoms with Gasteiger partial charge in [-0.2, -0.15) is 0 Å². The van der Waals surface area contributed by atoms with E-state index in [1.165, 1.54) is 50.5 Å². The minimum atomic E-state index is -0.0544. The Morgan fingerprint density at radius 1 is 1.14 bits per heavy atom. The van der Waals surface area contributed by atoms with E-state index >= 15 is 0 Å². The lowest BCUT2D eigenvalue weighted by Gasteiger charge is -2.25. The molecule has 0 aliphatic heterocycles. The van der Waals surface area contributed by atoms with Gasteiger partial charge in [0.15, 0.2) is 0 Å². The number of hydrogen-bond acceptors (Lipinski definition) is 1. The molecule has 0 saturated heterocycles. The van der Waals surface area contributed by atoms with Crippen molar-refractivity contribution in [2.75, 3.05) is 6.54 Å². The van der Waals surface area contributed by atoms with Crippen molar-refractivity contribution in [3.63, 3.8) is 0 Å². The minimum Gasteiger partial charge on any atom is -0.310 e. The van der Waals surface area contributed by atoms with Crippen LogP contribution >= 0.6 is 0 Å². The number of rotatable bonds is 6. The van der Waals surface area contributed by atoms with Gasteiger partial charge in [-0.15, -0.1) is 0 Å². The number of benzene rings is 1. The SMILES string of the molecule is CCNC(CCC1CCCCC1)c1cc(C)c(F)c(C)c1. The highest BCUT2D eigenvalue weighted by molar-refractivity contribution is 5.32. The summed E-state index contributed by atoms with van der Waals surface area (Å²) in [5.41, 5.74) is 2.79. The van der Waals surface area contributed by atoms with E-state index in [0.29, 0.717) is 6.04 Å². The molecule has 1 aromatic rings. The summed E-state index contributed by atoms with van der Waals surface area (Å²) in [4.78, 5) is 0. The van der Waals surface area contributed by atoms with Gasteiger partial charge in [0.05, 0.1) is 0 Å². The first-order chi connectivity index (χ1) is 10.1. The van der Waals surface area contributed by atoms with E-state index in [0.717, 1.165) is 23.6 Å². The summed E-state index contributed by atoms with van der Waals surface area (Å²) in [6.45, 7) is 6.85. The molecule has 2 heteroatoms. The molecule has 1 aromatic carbocycles. The third-order valence-corrected chi connectivity index (χ3v) is 4.90. The Kier molecular flexibility index (Phi) is 6.22. The first kappa shape index (κ1) is 16.5. The highest BCUT2D eigenvalue weighted by atomic mass is 19.1. The predicted octanol–water partition coefficient (Wildman–Crippen LogP) is 5.45. The van der Waals surface area contributed by atoms with Crippen LogP contribution < -0.4 is 5.32 Å². The molecule has 0 radical (unpaired) electrons. The summed E-state index contributed by atoms with van der Waals surface area (Å²) in [6, 6.07) is 4.42. The van der Waals surface area contributed by atoms with Crippen LogP contribution in [0.1, 0.15) is 74.6 Å². The fraction of sp³-hybridized carbons (Fsp3) is 0.684. The van der Waals surface area contributed by atoms with Gasteiger partial charge < -0.3 is 5.32 Å². The average Bonchev–Trinajstić information content (AvgIpc) is 2.49. The summed E-state index contributed by atoms with van der Waals surface area (Å²) >= 11 is 0. The molecule has 118 valence electrons. The lowest BCUT2D eigenvalue weighted by atomic mass is 9.84. The van der Waals surface area contributed by atoms with Crippen molar-refractivity contribution in [3.05, 3.63) is 34.6 Å². The van der Waals surface area contributed by atoms with E-state index < -0.39 is 0 Å². The number of nitrogens with one attached hydrogen (secondary N) is 1. The molecule has 1 aliphatic carbocycles. The maximum absolute atomic E-state index is 13.8. The van der Waals surface area contributed by atoms with Crippen molar-refractivity contribution >= 4 is 0 Å². The molecule has 1 saturated carbocycles. The molecule has 0 aromatic heterocycles. The van der Waals surface area contributed by atoms with Gasteiger partial charge in [-0.1, -0.05) is 51.2 Å². The maximum Gasteiger partial charge on any atom is 0.129 e. The van der Waals surface area contributed by atoms with Crippen molar-refractivity contribution in [3.8, 4) is 0 Å². The Morgan fingerprint density at radius 3 is 2.33 bits per heavy atom. The quantitative estimate of drug-likeness (QED) is 0.734. The van der Waals surface area contributed by atoms with E-state index in [1.54, 1.807) is 0 Å². The van der Waals surface area contributed by atoms with Gasteiger partial charge in [0, 0.05) is 6.04 Å². The van der Waals surface area contributed by atoms with Crippen LogP contribution in [0.15, 0.2) is 12.1 Å². The molecule has 0 amide bonds. The Balaban J connectivity index is 2.03. The van der Waals surface area contributed by atoms with E-state index in [9.17, 15) is 4.39 Å². The average molecular weight is 291 g/mol. The molecule has 2 rings (SSSR count). The minimum absolute atomic E-state index is 0.0544. The first-order valence-corrected chi connectivity index (χ1v) is 8.61. The van der Waals surface area contributed by atoms with Crippen molar-refractivity contribution in [2.45, 2.75) is 71.8 Å². The molecule has 1 unspecified atom stereocenters. The molecular weight excluding hydrogens is 261 g/mol. The van der Waals surface area contributed by atoms with Gasteiger partial charge in [0.2, 0.25) is 0 Å². The maximum atomic E-state index is 13.8. The van der Waals surface area contributed by atoms with Crippen LogP contribution in [0.5, 0.6) is 0 Å². The van der Waals surface area contributed by atoms with Crippen LogP contribution in [-0.2, 0) is 0 Å². The number of aryl methyl sites for hydroxylation is 2. The second-order valence-electron chi connectivity index (χ2n) is 6.66. The summed E-state index contributed by atoms with van der Waals surface area (Å²) < 4.78 is 13.8. The second kappa shape index (κ2) is 7.93.